The Bertz CT molecular complexity index is 697. The van der Waals surface area contributed by atoms with Crippen molar-refractivity contribution in [3.05, 3.63) is 46.3 Å². The molecular formula is C17H22N4O2. The summed E-state index contributed by atoms with van der Waals surface area (Å²) in [5, 5.41) is 20.0. The maximum Gasteiger partial charge on any atom is 0.125 e. The molecule has 0 saturated carbocycles. The van der Waals surface area contributed by atoms with Crippen molar-refractivity contribution < 1.29 is 9.94 Å². The number of ether oxygens (including phenoxy) is 1. The van der Waals surface area contributed by atoms with Crippen molar-refractivity contribution in [1.29, 1.82) is 0 Å². The van der Waals surface area contributed by atoms with Gasteiger partial charge >= 0.3 is 0 Å². The molecule has 0 saturated heterocycles. The summed E-state index contributed by atoms with van der Waals surface area (Å²) < 4.78 is 5.91. The lowest BCUT2D eigenvalue weighted by atomic mass is 10.0. The molecule has 0 fully saturated rings. The lowest BCUT2D eigenvalue weighted by Crippen LogP contribution is -2.06. The van der Waals surface area contributed by atoms with E-state index in [-0.39, 0.29) is 0 Å². The molecule has 0 amide bonds. The van der Waals surface area contributed by atoms with Crippen molar-refractivity contribution in [2.24, 2.45) is 5.16 Å². The van der Waals surface area contributed by atoms with Crippen LogP contribution in [0.3, 0.4) is 0 Å². The number of anilines is 1. The van der Waals surface area contributed by atoms with Crippen LogP contribution in [0.25, 0.3) is 0 Å². The number of hydrogen-bond donors (Lipinski definition) is 2. The highest BCUT2D eigenvalue weighted by Gasteiger charge is 2.11. The summed E-state index contributed by atoms with van der Waals surface area (Å²) >= 11 is 0. The van der Waals surface area contributed by atoms with E-state index in [1.807, 2.05) is 39.0 Å². The third kappa shape index (κ3) is 4.18. The second-order valence-electron chi connectivity index (χ2n) is 5.51. The van der Waals surface area contributed by atoms with E-state index < -0.39 is 0 Å². The van der Waals surface area contributed by atoms with Gasteiger partial charge in [-0.1, -0.05) is 5.16 Å². The van der Waals surface area contributed by atoms with Crippen LogP contribution >= 0.6 is 0 Å². The third-order valence-electron chi connectivity index (χ3n) is 3.65. The highest BCUT2D eigenvalue weighted by atomic mass is 16.5. The lowest BCUT2D eigenvalue weighted by molar-refractivity contribution is 0.306. The molecule has 0 aliphatic heterocycles. The molecule has 0 radical (unpaired) electrons. The van der Waals surface area contributed by atoms with Crippen LogP contribution in [0.15, 0.2) is 23.4 Å². The molecule has 0 aliphatic carbocycles. The molecule has 2 rings (SSSR count). The van der Waals surface area contributed by atoms with Gasteiger partial charge < -0.3 is 15.7 Å². The molecule has 1 heterocycles. The van der Waals surface area contributed by atoms with Crippen LogP contribution in [0.1, 0.15) is 34.5 Å². The molecule has 0 aliphatic rings. The van der Waals surface area contributed by atoms with Crippen LogP contribution < -0.4 is 10.5 Å². The van der Waals surface area contributed by atoms with Crippen molar-refractivity contribution in [3.63, 3.8) is 0 Å². The summed E-state index contributed by atoms with van der Waals surface area (Å²) in [6.07, 6.45) is 2.98. The molecular weight excluding hydrogens is 292 g/mol. The van der Waals surface area contributed by atoms with Gasteiger partial charge in [0, 0.05) is 16.8 Å². The molecule has 2 aromatic rings. The second kappa shape index (κ2) is 7.58. The van der Waals surface area contributed by atoms with Gasteiger partial charge in [-0.3, -0.25) is 0 Å². The number of nitrogens with two attached hydrogens (primary N) is 1. The Labute approximate surface area is 136 Å². The minimum Gasteiger partial charge on any atom is -0.493 e. The van der Waals surface area contributed by atoms with Crippen molar-refractivity contribution in [2.75, 3.05) is 12.3 Å². The molecule has 0 bridgehead atoms. The van der Waals surface area contributed by atoms with Crippen LogP contribution in [0, 0.1) is 20.8 Å². The average molecular weight is 314 g/mol. The predicted molar refractivity (Wildman–Crippen MR) is 90.3 cm³/mol. The van der Waals surface area contributed by atoms with Crippen LogP contribution in [0.4, 0.5) is 5.69 Å². The lowest BCUT2D eigenvalue weighted by Gasteiger charge is -2.15. The fourth-order valence-corrected chi connectivity index (χ4v) is 2.45. The molecule has 0 atom stereocenters. The van der Waals surface area contributed by atoms with E-state index in [1.54, 1.807) is 0 Å². The van der Waals surface area contributed by atoms with Gasteiger partial charge in [-0.15, -0.1) is 0 Å². The van der Waals surface area contributed by atoms with Gasteiger partial charge in [-0.2, -0.15) is 10.2 Å². The van der Waals surface area contributed by atoms with E-state index in [2.05, 4.69) is 15.4 Å². The first-order valence-corrected chi connectivity index (χ1v) is 7.52. The summed E-state index contributed by atoms with van der Waals surface area (Å²) in [7, 11) is 0. The van der Waals surface area contributed by atoms with E-state index >= 15 is 0 Å². The van der Waals surface area contributed by atoms with Crippen LogP contribution in [-0.4, -0.2) is 28.2 Å². The first-order chi connectivity index (χ1) is 11.0. The predicted octanol–water partition coefficient (Wildman–Crippen LogP) is 2.80. The minimum atomic E-state index is 0.566. The van der Waals surface area contributed by atoms with E-state index in [4.69, 9.17) is 15.7 Å². The Morgan fingerprint density at radius 3 is 2.70 bits per heavy atom. The normalized spacial score (nSPS) is 11.1. The number of benzene rings is 1. The number of nitrogen functional groups attached to an aromatic ring is 1. The summed E-state index contributed by atoms with van der Waals surface area (Å²) in [6.45, 7) is 6.34. The second-order valence-corrected chi connectivity index (χ2v) is 5.51. The molecule has 6 nitrogen and oxygen atoms in total. The Balaban J connectivity index is 2.00. The number of hydrogen-bond acceptors (Lipinski definition) is 6. The molecule has 0 unspecified atom stereocenters. The summed E-state index contributed by atoms with van der Waals surface area (Å²) in [5.41, 5.74) is 10.9. The van der Waals surface area contributed by atoms with Gasteiger partial charge in [-0.05, 0) is 57.4 Å². The monoisotopic (exact) mass is 314 g/mol. The number of rotatable bonds is 6. The Morgan fingerprint density at radius 2 is 2.04 bits per heavy atom. The molecule has 6 heteroatoms. The standard InChI is InChI=1S/C17H22N4O2/c1-11-9-16(18)15(10-19-22)13(3)17(11)23-8-4-5-14-7-6-12(2)20-21-14/h6-7,9-10,22H,4-5,8,18H2,1-3H3/b19-10-. The molecule has 3 N–H and O–H groups in total. The van der Waals surface area contributed by atoms with Crippen LogP contribution in [-0.2, 0) is 6.42 Å². The van der Waals surface area contributed by atoms with E-state index in [0.717, 1.165) is 41.1 Å². The Hall–Kier alpha value is -2.63. The van der Waals surface area contributed by atoms with Crippen molar-refractivity contribution in [2.45, 2.75) is 33.6 Å². The maximum absolute atomic E-state index is 8.75. The summed E-state index contributed by atoms with van der Waals surface area (Å²) in [5.74, 6) is 0.782. The van der Waals surface area contributed by atoms with Crippen LogP contribution in [0.5, 0.6) is 5.75 Å². The zero-order valence-corrected chi connectivity index (χ0v) is 13.7. The first-order valence-electron chi connectivity index (χ1n) is 7.52. The first kappa shape index (κ1) is 16.7. The summed E-state index contributed by atoms with van der Waals surface area (Å²) in [4.78, 5) is 0. The topological polar surface area (TPSA) is 93.6 Å². The van der Waals surface area contributed by atoms with E-state index in [0.29, 0.717) is 17.9 Å². The van der Waals surface area contributed by atoms with E-state index in [9.17, 15) is 0 Å². The highest BCUT2D eigenvalue weighted by Crippen LogP contribution is 2.30. The smallest absolute Gasteiger partial charge is 0.125 e. The van der Waals surface area contributed by atoms with Gasteiger partial charge in [0.2, 0.25) is 0 Å². The maximum atomic E-state index is 8.75. The zero-order chi connectivity index (χ0) is 16.8. The van der Waals surface area contributed by atoms with Gasteiger partial charge in [0.15, 0.2) is 0 Å². The SMILES string of the molecule is Cc1ccc(CCCOc2c(C)cc(N)c(/C=N\O)c2C)nn1. The molecule has 0 spiro atoms. The van der Waals surface area contributed by atoms with Gasteiger partial charge in [-0.25, -0.2) is 0 Å². The molecule has 122 valence electrons. The number of aryl methyl sites for hydroxylation is 3. The molecule has 1 aromatic heterocycles. The fraction of sp³-hybridized carbons (Fsp3) is 0.353. The number of aromatic nitrogens is 2. The Morgan fingerprint density at radius 1 is 1.26 bits per heavy atom. The Kier molecular flexibility index (Phi) is 5.51. The van der Waals surface area contributed by atoms with Gasteiger partial charge in [0.25, 0.3) is 0 Å². The van der Waals surface area contributed by atoms with Gasteiger partial charge in [0.1, 0.15) is 5.75 Å². The quantitative estimate of drug-likeness (QED) is 0.281. The van der Waals surface area contributed by atoms with Crippen molar-refractivity contribution in [1.82, 2.24) is 10.2 Å². The third-order valence-corrected chi connectivity index (χ3v) is 3.65. The van der Waals surface area contributed by atoms with Crippen LogP contribution in [0.2, 0.25) is 0 Å². The van der Waals surface area contributed by atoms with Crippen molar-refractivity contribution in [3.8, 4) is 5.75 Å². The van der Waals surface area contributed by atoms with Crippen molar-refractivity contribution >= 4 is 11.9 Å². The fourth-order valence-electron chi connectivity index (χ4n) is 2.45. The largest absolute Gasteiger partial charge is 0.493 e. The number of nitrogens with zero attached hydrogens (tertiary/aromatic N) is 3. The zero-order valence-electron chi connectivity index (χ0n) is 13.7. The minimum absolute atomic E-state index is 0.566. The average Bonchev–Trinajstić information content (AvgIpc) is 2.52. The number of oxime groups is 1. The highest BCUT2D eigenvalue weighted by molar-refractivity contribution is 5.90. The molecule has 23 heavy (non-hydrogen) atoms. The molecule has 1 aromatic carbocycles. The van der Waals surface area contributed by atoms with E-state index in [1.165, 1.54) is 6.21 Å². The van der Waals surface area contributed by atoms with Gasteiger partial charge in [0.05, 0.1) is 24.2 Å². The summed E-state index contributed by atoms with van der Waals surface area (Å²) in [6, 6.07) is 5.76.